The van der Waals surface area contributed by atoms with Crippen LogP contribution in [0, 0.1) is 0 Å². The van der Waals surface area contributed by atoms with Crippen LogP contribution >= 0.6 is 0 Å². The molecular formula is C18H19N3O3. The van der Waals surface area contributed by atoms with Crippen molar-refractivity contribution in [3.8, 4) is 11.5 Å². The van der Waals surface area contributed by atoms with Gasteiger partial charge in [0.25, 0.3) is 5.91 Å². The van der Waals surface area contributed by atoms with Gasteiger partial charge in [0, 0.05) is 25.0 Å². The molecule has 1 aliphatic carbocycles. The Hall–Kier alpha value is -2.63. The predicted molar refractivity (Wildman–Crippen MR) is 86.7 cm³/mol. The van der Waals surface area contributed by atoms with Gasteiger partial charge in [0.15, 0.2) is 11.5 Å². The Kier molecular flexibility index (Phi) is 4.02. The van der Waals surface area contributed by atoms with Gasteiger partial charge in [-0.25, -0.2) is 4.98 Å². The monoisotopic (exact) mass is 325 g/mol. The first-order valence-electron chi connectivity index (χ1n) is 8.27. The molecule has 0 spiro atoms. The van der Waals surface area contributed by atoms with Crippen molar-refractivity contribution in [1.82, 2.24) is 14.9 Å². The molecule has 1 aromatic carbocycles. The summed E-state index contributed by atoms with van der Waals surface area (Å²) in [4.78, 5) is 23.1. The van der Waals surface area contributed by atoms with Gasteiger partial charge < -0.3 is 14.4 Å². The molecule has 0 bridgehead atoms. The van der Waals surface area contributed by atoms with E-state index in [9.17, 15) is 4.79 Å². The first-order chi connectivity index (χ1) is 11.8. The van der Waals surface area contributed by atoms with E-state index in [0.29, 0.717) is 12.2 Å². The van der Waals surface area contributed by atoms with Gasteiger partial charge in [0.2, 0.25) is 6.79 Å². The molecule has 1 aliphatic heterocycles. The van der Waals surface area contributed by atoms with Gasteiger partial charge in [-0.2, -0.15) is 0 Å². The summed E-state index contributed by atoms with van der Waals surface area (Å²) in [7, 11) is 0. The SMILES string of the molecule is O=C(c1cnccn1)N(Cc1ccc2c(c1)OCO2)C1CCCC1. The van der Waals surface area contributed by atoms with Crippen molar-refractivity contribution in [2.75, 3.05) is 6.79 Å². The van der Waals surface area contributed by atoms with Gasteiger partial charge in [0.1, 0.15) is 5.69 Å². The summed E-state index contributed by atoms with van der Waals surface area (Å²) in [6.45, 7) is 0.792. The van der Waals surface area contributed by atoms with E-state index in [1.807, 2.05) is 23.1 Å². The molecule has 1 amide bonds. The van der Waals surface area contributed by atoms with E-state index in [0.717, 1.165) is 42.7 Å². The van der Waals surface area contributed by atoms with Crippen molar-refractivity contribution in [3.05, 3.63) is 48.0 Å². The zero-order valence-corrected chi connectivity index (χ0v) is 13.4. The van der Waals surface area contributed by atoms with Crippen LogP contribution in [-0.2, 0) is 6.54 Å². The van der Waals surface area contributed by atoms with Crippen LogP contribution in [0.1, 0.15) is 41.7 Å². The van der Waals surface area contributed by atoms with Crippen LogP contribution < -0.4 is 9.47 Å². The Morgan fingerprint density at radius 2 is 2.00 bits per heavy atom. The first kappa shape index (κ1) is 14.9. The fourth-order valence-corrected chi connectivity index (χ4v) is 3.38. The Labute approximate surface area is 140 Å². The van der Waals surface area contributed by atoms with Crippen molar-refractivity contribution < 1.29 is 14.3 Å². The van der Waals surface area contributed by atoms with E-state index in [1.165, 1.54) is 6.20 Å². The van der Waals surface area contributed by atoms with E-state index in [-0.39, 0.29) is 18.7 Å². The van der Waals surface area contributed by atoms with Gasteiger partial charge in [-0.3, -0.25) is 9.78 Å². The molecule has 0 atom stereocenters. The number of rotatable bonds is 4. The summed E-state index contributed by atoms with van der Waals surface area (Å²) in [6, 6.07) is 6.09. The number of carbonyl (C=O) groups excluding carboxylic acids is 1. The Balaban J connectivity index is 1.59. The molecule has 6 nitrogen and oxygen atoms in total. The van der Waals surface area contributed by atoms with Gasteiger partial charge >= 0.3 is 0 Å². The van der Waals surface area contributed by atoms with E-state index in [2.05, 4.69) is 9.97 Å². The largest absolute Gasteiger partial charge is 0.454 e. The molecule has 0 unspecified atom stereocenters. The first-order valence-corrected chi connectivity index (χ1v) is 8.27. The van der Waals surface area contributed by atoms with Crippen molar-refractivity contribution >= 4 is 5.91 Å². The summed E-state index contributed by atoms with van der Waals surface area (Å²) < 4.78 is 10.8. The molecule has 1 aromatic heterocycles. The van der Waals surface area contributed by atoms with Crippen LogP contribution in [0.3, 0.4) is 0 Å². The number of benzene rings is 1. The van der Waals surface area contributed by atoms with Gasteiger partial charge in [-0.05, 0) is 30.5 Å². The molecule has 4 rings (SSSR count). The van der Waals surface area contributed by atoms with Crippen molar-refractivity contribution in [2.45, 2.75) is 38.3 Å². The molecule has 2 aromatic rings. The lowest BCUT2D eigenvalue weighted by atomic mass is 10.1. The normalized spacial score (nSPS) is 16.3. The van der Waals surface area contributed by atoms with Crippen molar-refractivity contribution in [3.63, 3.8) is 0 Å². The van der Waals surface area contributed by atoms with E-state index in [1.54, 1.807) is 12.4 Å². The lowest BCUT2D eigenvalue weighted by molar-refractivity contribution is 0.0657. The average Bonchev–Trinajstić information content (AvgIpc) is 3.31. The maximum absolute atomic E-state index is 12.9. The standard InChI is InChI=1S/C18H19N3O3/c22-18(15-10-19-7-8-20-15)21(14-3-1-2-4-14)11-13-5-6-16-17(9-13)24-12-23-16/h5-10,14H,1-4,11-12H2. The van der Waals surface area contributed by atoms with E-state index < -0.39 is 0 Å². The summed E-state index contributed by atoms with van der Waals surface area (Å²) in [6.07, 6.45) is 9.07. The molecule has 124 valence electrons. The number of aromatic nitrogens is 2. The minimum atomic E-state index is -0.0623. The second-order valence-corrected chi connectivity index (χ2v) is 6.15. The second-order valence-electron chi connectivity index (χ2n) is 6.15. The highest BCUT2D eigenvalue weighted by Crippen LogP contribution is 2.34. The third kappa shape index (κ3) is 2.91. The second kappa shape index (κ2) is 6.47. The highest BCUT2D eigenvalue weighted by Gasteiger charge is 2.28. The summed E-state index contributed by atoms with van der Waals surface area (Å²) in [5.74, 6) is 1.44. The number of ether oxygens (including phenoxy) is 2. The van der Waals surface area contributed by atoms with Crippen LogP contribution in [0.5, 0.6) is 11.5 Å². The Morgan fingerprint density at radius 3 is 2.79 bits per heavy atom. The predicted octanol–water partition coefficient (Wildman–Crippen LogP) is 2.79. The highest BCUT2D eigenvalue weighted by atomic mass is 16.7. The topological polar surface area (TPSA) is 64.6 Å². The van der Waals surface area contributed by atoms with Crippen LogP contribution in [0.25, 0.3) is 0 Å². The van der Waals surface area contributed by atoms with Gasteiger partial charge in [0.05, 0.1) is 6.20 Å². The highest BCUT2D eigenvalue weighted by molar-refractivity contribution is 5.92. The summed E-state index contributed by atoms with van der Waals surface area (Å²) in [5.41, 5.74) is 1.42. The van der Waals surface area contributed by atoms with Crippen molar-refractivity contribution in [2.24, 2.45) is 0 Å². The number of hydrogen-bond acceptors (Lipinski definition) is 5. The molecule has 1 saturated carbocycles. The summed E-state index contributed by atoms with van der Waals surface area (Å²) in [5, 5.41) is 0. The quantitative estimate of drug-likeness (QED) is 0.865. The smallest absolute Gasteiger partial charge is 0.274 e. The third-order valence-corrected chi connectivity index (χ3v) is 4.60. The number of amides is 1. The van der Waals surface area contributed by atoms with Crippen LogP contribution in [0.2, 0.25) is 0 Å². The minimum absolute atomic E-state index is 0.0623. The van der Waals surface area contributed by atoms with Crippen LogP contribution in [0.4, 0.5) is 0 Å². The van der Waals surface area contributed by atoms with E-state index in [4.69, 9.17) is 9.47 Å². The Morgan fingerprint density at radius 1 is 1.17 bits per heavy atom. The fraction of sp³-hybridized carbons (Fsp3) is 0.389. The molecule has 0 radical (unpaired) electrons. The molecule has 0 saturated heterocycles. The van der Waals surface area contributed by atoms with Crippen LogP contribution in [0.15, 0.2) is 36.8 Å². The van der Waals surface area contributed by atoms with Crippen LogP contribution in [-0.4, -0.2) is 33.6 Å². The van der Waals surface area contributed by atoms with Gasteiger partial charge in [-0.15, -0.1) is 0 Å². The maximum atomic E-state index is 12.9. The lowest BCUT2D eigenvalue weighted by Gasteiger charge is -2.29. The molecule has 6 heteroatoms. The lowest BCUT2D eigenvalue weighted by Crippen LogP contribution is -2.38. The molecule has 1 fully saturated rings. The molecule has 2 heterocycles. The maximum Gasteiger partial charge on any atom is 0.274 e. The van der Waals surface area contributed by atoms with E-state index >= 15 is 0 Å². The zero-order valence-electron chi connectivity index (χ0n) is 13.4. The zero-order chi connectivity index (χ0) is 16.4. The number of carbonyl (C=O) groups is 1. The van der Waals surface area contributed by atoms with Crippen molar-refractivity contribution in [1.29, 1.82) is 0 Å². The Bertz CT molecular complexity index is 730. The average molecular weight is 325 g/mol. The molecule has 0 N–H and O–H groups in total. The van der Waals surface area contributed by atoms with Gasteiger partial charge in [-0.1, -0.05) is 18.9 Å². The number of hydrogen-bond donors (Lipinski definition) is 0. The summed E-state index contributed by atoms with van der Waals surface area (Å²) >= 11 is 0. The molecular weight excluding hydrogens is 306 g/mol. The number of fused-ring (bicyclic) bond motifs is 1. The molecule has 2 aliphatic rings. The third-order valence-electron chi connectivity index (χ3n) is 4.60. The fourth-order valence-electron chi connectivity index (χ4n) is 3.38. The number of nitrogens with zero attached hydrogens (tertiary/aromatic N) is 3. The molecule has 24 heavy (non-hydrogen) atoms. The minimum Gasteiger partial charge on any atom is -0.454 e.